The molecule has 3 aliphatic rings. The van der Waals surface area contributed by atoms with Crippen LogP contribution in [0.5, 0.6) is 0 Å². The monoisotopic (exact) mass is 1360 g/mol. The summed E-state index contributed by atoms with van der Waals surface area (Å²) in [7, 11) is 0. The van der Waals surface area contributed by atoms with Crippen molar-refractivity contribution in [3.8, 4) is 0 Å². The highest BCUT2D eigenvalue weighted by atomic mass is 16.8. The maximum Gasteiger partial charge on any atom is 0.364 e. The van der Waals surface area contributed by atoms with Gasteiger partial charge in [-0.2, -0.15) is 0 Å². The minimum absolute atomic E-state index is 0.196. The van der Waals surface area contributed by atoms with E-state index < -0.39 is 155 Å². The van der Waals surface area contributed by atoms with Crippen LogP contribution in [0.25, 0.3) is 0 Å². The van der Waals surface area contributed by atoms with E-state index in [9.17, 15) is 75.7 Å². The van der Waals surface area contributed by atoms with E-state index in [1.165, 1.54) is 161 Å². The summed E-state index contributed by atoms with van der Waals surface area (Å²) in [6.07, 6.45) is 26.0. The lowest BCUT2D eigenvalue weighted by atomic mass is 9.88. The minimum atomic E-state index is -3.08. The first-order chi connectivity index (χ1) is 45.9. The third kappa shape index (κ3) is 33.8. The van der Waals surface area contributed by atoms with E-state index in [1.54, 1.807) is 6.08 Å². The predicted molar refractivity (Wildman–Crippen MR) is 361 cm³/mol. The van der Waals surface area contributed by atoms with Gasteiger partial charge in [-0.15, -0.1) is 0 Å². The highest BCUT2D eigenvalue weighted by molar-refractivity contribution is 5.77. The molecule has 3 aliphatic heterocycles. The molecule has 14 N–H and O–H groups in total. The van der Waals surface area contributed by atoms with Gasteiger partial charge in [0.2, 0.25) is 11.8 Å². The quantitative estimate of drug-likeness (QED) is 0.0157. The molecule has 0 aromatic carbocycles. The smallest absolute Gasteiger partial charge is 0.364 e. The predicted octanol–water partition coefficient (Wildman–Crippen LogP) is 7.79. The van der Waals surface area contributed by atoms with Gasteiger partial charge in [0.25, 0.3) is 5.79 Å². The first-order valence-electron chi connectivity index (χ1n) is 36.9. The lowest BCUT2D eigenvalue weighted by Gasteiger charge is -2.50. The molecule has 3 fully saturated rings. The number of unbranched alkanes of at least 4 members (excludes halogenated alkanes) is 33. The molecule has 0 bridgehead atoms. The van der Waals surface area contributed by atoms with Gasteiger partial charge in [-0.3, -0.25) is 9.59 Å². The highest BCUT2D eigenvalue weighted by Crippen LogP contribution is 2.39. The number of carbonyl (C=O) groups is 3. The molecule has 0 aromatic heterocycles. The average Bonchev–Trinajstić information content (AvgIpc) is 0.758. The summed E-state index contributed by atoms with van der Waals surface area (Å²) >= 11 is 0. The Morgan fingerprint density at radius 2 is 1.01 bits per heavy atom. The van der Waals surface area contributed by atoms with Crippen molar-refractivity contribution in [3.05, 3.63) is 36.5 Å². The molecular formula is C72H130N2O21. The number of allylic oxidation sites excluding steroid dienone is 5. The van der Waals surface area contributed by atoms with E-state index in [-0.39, 0.29) is 12.3 Å². The molecule has 0 saturated carbocycles. The van der Waals surface area contributed by atoms with Crippen molar-refractivity contribution in [1.82, 2.24) is 10.6 Å². The van der Waals surface area contributed by atoms with Crippen LogP contribution in [0.4, 0.5) is 0 Å². The van der Waals surface area contributed by atoms with Crippen LogP contribution in [-0.2, 0) is 42.8 Å². The van der Waals surface area contributed by atoms with E-state index in [4.69, 9.17) is 28.4 Å². The lowest BCUT2D eigenvalue weighted by Crippen LogP contribution is -2.70. The molecule has 18 atom stereocenters. The van der Waals surface area contributed by atoms with Crippen LogP contribution in [0.3, 0.4) is 0 Å². The zero-order valence-electron chi connectivity index (χ0n) is 58.0. The SMILES string of the molecule is CCCCC/C=C\C=C/CCCCCCCCCCCCC(=O)NC(COC1OC(CO)C(OC2OC(CO)C(O)C(OC3(C(=O)O)CC(O)C(NC(C)=O)C(C(O)C(O)CO)O3)C2O)C(O)C1O)C(O)/C=C/CCCCCCCCCCCCCCCCCCCCCC. The Bertz CT molecular complexity index is 2060. The fourth-order valence-electron chi connectivity index (χ4n) is 12.7. The summed E-state index contributed by atoms with van der Waals surface area (Å²) < 4.78 is 34.8. The van der Waals surface area contributed by atoms with Crippen LogP contribution in [0.15, 0.2) is 36.5 Å². The van der Waals surface area contributed by atoms with E-state index in [1.807, 2.05) is 6.08 Å². The van der Waals surface area contributed by atoms with Gasteiger partial charge in [0.1, 0.15) is 67.1 Å². The Labute approximate surface area is 567 Å². The van der Waals surface area contributed by atoms with Crippen molar-refractivity contribution in [2.75, 3.05) is 26.4 Å². The average molecular weight is 1360 g/mol. The molecule has 0 radical (unpaired) electrons. The number of hydrogen-bond acceptors (Lipinski definition) is 20. The van der Waals surface area contributed by atoms with Crippen molar-refractivity contribution < 1.29 is 104 Å². The molecule has 23 nitrogen and oxygen atoms in total. The second-order valence-corrected chi connectivity index (χ2v) is 26.8. The Morgan fingerprint density at radius 1 is 0.558 bits per heavy atom. The molecule has 3 rings (SSSR count). The molecule has 0 aromatic rings. The summed E-state index contributed by atoms with van der Waals surface area (Å²) in [6, 6.07) is -2.62. The molecule has 23 heteroatoms. The third-order valence-corrected chi connectivity index (χ3v) is 18.6. The number of carboxylic acids is 1. The van der Waals surface area contributed by atoms with E-state index in [0.29, 0.717) is 12.8 Å². The molecule has 554 valence electrons. The number of ether oxygens (including phenoxy) is 6. The van der Waals surface area contributed by atoms with Crippen molar-refractivity contribution >= 4 is 17.8 Å². The van der Waals surface area contributed by atoms with Gasteiger partial charge < -0.3 is 100 Å². The summed E-state index contributed by atoms with van der Waals surface area (Å²) in [4.78, 5) is 38.6. The van der Waals surface area contributed by atoms with Crippen molar-refractivity contribution in [2.24, 2.45) is 0 Å². The topological polar surface area (TPSA) is 373 Å². The summed E-state index contributed by atoms with van der Waals surface area (Å²) in [6.45, 7) is 2.12. The van der Waals surface area contributed by atoms with Crippen LogP contribution in [0, 0.1) is 0 Å². The summed E-state index contributed by atoms with van der Waals surface area (Å²) in [5.41, 5.74) is 0. The van der Waals surface area contributed by atoms with E-state index >= 15 is 0 Å². The van der Waals surface area contributed by atoms with Crippen LogP contribution in [0.1, 0.15) is 265 Å². The van der Waals surface area contributed by atoms with E-state index in [2.05, 4.69) is 48.8 Å². The van der Waals surface area contributed by atoms with Gasteiger partial charge >= 0.3 is 5.97 Å². The first kappa shape index (κ1) is 86.2. The van der Waals surface area contributed by atoms with Crippen LogP contribution >= 0.6 is 0 Å². The number of amides is 2. The zero-order chi connectivity index (χ0) is 69.6. The Morgan fingerprint density at radius 3 is 1.48 bits per heavy atom. The summed E-state index contributed by atoms with van der Waals surface area (Å²) in [5, 5.41) is 136. The molecule has 2 amide bonds. The number of hydrogen-bond donors (Lipinski definition) is 14. The summed E-state index contributed by atoms with van der Waals surface area (Å²) in [5.74, 6) is -6.15. The van der Waals surface area contributed by atoms with Gasteiger partial charge in [-0.1, -0.05) is 237 Å². The number of carboxylic acid groups (broad SMARTS) is 1. The van der Waals surface area contributed by atoms with Crippen molar-refractivity contribution in [3.63, 3.8) is 0 Å². The van der Waals surface area contributed by atoms with Crippen molar-refractivity contribution in [2.45, 2.75) is 375 Å². The molecule has 0 aliphatic carbocycles. The normalized spacial score (nSPS) is 27.9. The largest absolute Gasteiger partial charge is 0.477 e. The van der Waals surface area contributed by atoms with E-state index in [0.717, 1.165) is 64.7 Å². The number of aliphatic hydroxyl groups is 11. The fraction of sp³-hybridized carbons (Fsp3) is 0.875. The number of carbonyl (C=O) groups excluding carboxylic acids is 2. The van der Waals surface area contributed by atoms with Crippen LogP contribution < -0.4 is 10.6 Å². The molecule has 0 spiro atoms. The second-order valence-electron chi connectivity index (χ2n) is 26.8. The fourth-order valence-corrected chi connectivity index (χ4v) is 12.7. The third-order valence-electron chi connectivity index (χ3n) is 18.6. The maximum atomic E-state index is 13.5. The molecule has 18 unspecified atom stereocenters. The first-order valence-corrected chi connectivity index (χ1v) is 36.9. The molecule has 3 saturated heterocycles. The van der Waals surface area contributed by atoms with Gasteiger partial charge in [0.15, 0.2) is 12.6 Å². The van der Waals surface area contributed by atoms with Gasteiger partial charge in [-0.25, -0.2) is 4.79 Å². The number of nitrogens with one attached hydrogen (secondary N) is 2. The zero-order valence-corrected chi connectivity index (χ0v) is 58.0. The number of aliphatic hydroxyl groups excluding tert-OH is 11. The number of rotatable bonds is 56. The molecule has 3 heterocycles. The Balaban J connectivity index is 1.58. The van der Waals surface area contributed by atoms with Crippen LogP contribution in [-0.4, -0.2) is 215 Å². The van der Waals surface area contributed by atoms with Gasteiger partial charge in [-0.05, 0) is 44.9 Å². The second kappa shape index (κ2) is 52.0. The van der Waals surface area contributed by atoms with Gasteiger partial charge in [0, 0.05) is 19.8 Å². The lowest BCUT2D eigenvalue weighted by molar-refractivity contribution is -0.386. The van der Waals surface area contributed by atoms with Crippen LogP contribution in [0.2, 0.25) is 0 Å². The number of aliphatic carboxylic acids is 1. The van der Waals surface area contributed by atoms with Crippen molar-refractivity contribution in [1.29, 1.82) is 0 Å². The maximum absolute atomic E-state index is 13.5. The van der Waals surface area contributed by atoms with Gasteiger partial charge in [0.05, 0.1) is 50.7 Å². The minimum Gasteiger partial charge on any atom is -0.477 e. The highest BCUT2D eigenvalue weighted by Gasteiger charge is 2.60. The Hall–Kier alpha value is -3.05. The molecule has 95 heavy (non-hydrogen) atoms. The Kier molecular flexibility index (Phi) is 47.2. The standard InChI is InChI=1S/C72H130N2O21/c1-4-6-8-10-12-14-16-18-20-22-24-25-26-28-29-31-33-35-37-39-41-43-45-54(79)53(74-59(82)46-44-42-40-38-36-34-32-30-27-23-21-19-17-15-13-11-9-7-5-2)51-90-69-64(86)63(85)66(58(50-77)92-69)93-70-65(87)68(62(84)57(49-76)91-70)95-72(71(88)89)47-55(80)60(73-52(3)78)67(94-72)61(83)56(81)48-75/h13,15,17,19,43,45,53-58,60-70,75-77,79-81,83-87H,4-12,14,16,18,20-42,44,46-51H2,1-3H3,(H,73,78)(H,74,82)(H,88,89)/b15-13-,19-17-,45-43+. The molecular weight excluding hydrogens is 1230 g/mol.